The van der Waals surface area contributed by atoms with E-state index in [2.05, 4.69) is 178 Å². The summed E-state index contributed by atoms with van der Waals surface area (Å²) < 4.78 is 1.45. The van der Waals surface area contributed by atoms with Crippen LogP contribution in [0.25, 0.3) is 0 Å². The zero-order valence-corrected chi connectivity index (χ0v) is 36.8. The fraction of sp³-hybridized carbons (Fsp3) is 0.488. The van der Waals surface area contributed by atoms with Crippen molar-refractivity contribution in [3.05, 3.63) is 109 Å². The number of allylic oxidation sites excluding steroid dienone is 4. The summed E-state index contributed by atoms with van der Waals surface area (Å²) in [5.41, 5.74) is 10.3. The van der Waals surface area contributed by atoms with Crippen molar-refractivity contribution in [3.8, 4) is 0 Å². The molecular formula is C43H59Cl3SiTi. The molecule has 0 saturated carbocycles. The molecule has 0 saturated heterocycles. The average Bonchev–Trinajstić information content (AvgIpc) is 3.23. The molecule has 0 amide bonds. The number of halogens is 3. The van der Waals surface area contributed by atoms with E-state index >= 15 is 0 Å². The van der Waals surface area contributed by atoms with Crippen molar-refractivity contribution in [2.24, 2.45) is 5.92 Å². The molecule has 1 aliphatic carbocycles. The first-order valence-corrected chi connectivity index (χ1v) is 20.4. The van der Waals surface area contributed by atoms with E-state index in [9.17, 15) is 0 Å². The Morgan fingerprint density at radius 3 is 0.854 bits per heavy atom. The molecule has 0 bridgehead atoms. The van der Waals surface area contributed by atoms with E-state index in [1.807, 2.05) is 0 Å². The zero-order chi connectivity index (χ0) is 33.5. The van der Waals surface area contributed by atoms with Crippen molar-refractivity contribution in [2.75, 3.05) is 0 Å². The molecule has 4 rings (SSSR count). The van der Waals surface area contributed by atoms with Gasteiger partial charge in [-0.05, 0) is 0 Å². The minimum Gasteiger partial charge on any atom is -1.00 e. The number of hydrogen-bond donors (Lipinski definition) is 0. The van der Waals surface area contributed by atoms with E-state index in [0.29, 0.717) is 41.4 Å². The van der Waals surface area contributed by atoms with Crippen molar-refractivity contribution in [1.29, 1.82) is 0 Å². The molecule has 1 atom stereocenters. The van der Waals surface area contributed by atoms with E-state index in [4.69, 9.17) is 0 Å². The van der Waals surface area contributed by atoms with Gasteiger partial charge in [-0.25, -0.2) is 0 Å². The Balaban J connectivity index is 0.00000384. The number of rotatable bonds is 10. The van der Waals surface area contributed by atoms with Crippen molar-refractivity contribution < 1.29 is 57.7 Å². The molecule has 3 aromatic rings. The van der Waals surface area contributed by atoms with Gasteiger partial charge in [0.2, 0.25) is 0 Å². The molecule has 0 heterocycles. The van der Waals surface area contributed by atoms with Gasteiger partial charge in [0.05, 0.1) is 0 Å². The fourth-order valence-electron chi connectivity index (χ4n) is 7.21. The first-order chi connectivity index (χ1) is 21.0. The van der Waals surface area contributed by atoms with Crippen LogP contribution in [0.5, 0.6) is 0 Å². The van der Waals surface area contributed by atoms with Crippen LogP contribution in [0.3, 0.4) is 0 Å². The Morgan fingerprint density at radius 1 is 0.458 bits per heavy atom. The summed E-state index contributed by atoms with van der Waals surface area (Å²) in [6.07, 6.45) is 2.55. The quantitative estimate of drug-likeness (QED) is 0.219. The second kappa shape index (κ2) is 17.9. The SMILES string of the molecule is CC1=C([Si](c2cc(C(C)C)cc(C(C)C)c2)(c2cc(C(C)C)cc(C(C)C)c2)c2cc(C(C)C)cc(C(C)C)c2)C(C)C=[C]1[Ti+3].[Cl-].[Cl-].[Cl-]. The Bertz CT molecular complexity index is 1380. The Labute approximate surface area is 326 Å². The van der Waals surface area contributed by atoms with Crippen LogP contribution in [0.4, 0.5) is 0 Å². The molecule has 0 aromatic heterocycles. The summed E-state index contributed by atoms with van der Waals surface area (Å²) in [6, 6.07) is 23.3. The molecule has 0 fully saturated rings. The molecule has 5 heteroatoms. The molecule has 0 radical (unpaired) electrons. The zero-order valence-electron chi connectivity index (χ0n) is 31.9. The van der Waals surface area contributed by atoms with Crippen LogP contribution in [-0.2, 0) is 20.4 Å². The van der Waals surface area contributed by atoms with Crippen molar-refractivity contribution in [2.45, 2.75) is 132 Å². The third-order valence-electron chi connectivity index (χ3n) is 10.3. The maximum Gasteiger partial charge on any atom is -1.00 e. The van der Waals surface area contributed by atoms with Crippen LogP contribution in [0, 0.1) is 5.92 Å². The maximum absolute atomic E-state index is 2.79. The monoisotopic (exact) mass is 756 g/mol. The minimum atomic E-state index is -2.79. The van der Waals surface area contributed by atoms with Gasteiger partial charge in [-0.1, -0.05) is 0 Å². The van der Waals surface area contributed by atoms with Gasteiger partial charge in [-0.3, -0.25) is 0 Å². The standard InChI is InChI=1S/C43H59Si.3ClH.Ti/c1-26(2)34-17-35(27(3)4)21-40(20-34)44(43-32(13)15-16-33(43)14,41-22-36(28(5)6)18-37(23-41)29(7)8)42-24-38(30(9)10)19-39(25-42)31(11)12;;;;/h15,17-32H,1-14H3;3*1H;/q;;;;+3/p-3. The van der Waals surface area contributed by atoms with Crippen LogP contribution in [0.15, 0.2) is 75.3 Å². The number of benzene rings is 3. The minimum absolute atomic E-state index is 0. The van der Waals surface area contributed by atoms with Gasteiger partial charge in [-0.15, -0.1) is 0 Å². The molecule has 1 unspecified atom stereocenters. The second-order valence-corrected chi connectivity index (χ2v) is 20.4. The summed E-state index contributed by atoms with van der Waals surface area (Å²) in [5, 5.41) is 6.37. The van der Waals surface area contributed by atoms with Gasteiger partial charge < -0.3 is 37.2 Å². The van der Waals surface area contributed by atoms with Crippen LogP contribution in [0.2, 0.25) is 0 Å². The van der Waals surface area contributed by atoms with Gasteiger partial charge in [-0.2, -0.15) is 0 Å². The van der Waals surface area contributed by atoms with Crippen LogP contribution in [0.1, 0.15) is 166 Å². The molecule has 0 aliphatic heterocycles. The van der Waals surface area contributed by atoms with E-state index in [-0.39, 0.29) is 37.2 Å². The summed E-state index contributed by atoms with van der Waals surface area (Å²) >= 11 is 2.34. The third kappa shape index (κ3) is 8.86. The van der Waals surface area contributed by atoms with Gasteiger partial charge in [0.15, 0.2) is 0 Å². The molecule has 0 nitrogen and oxygen atoms in total. The molecular weight excluding hydrogens is 699 g/mol. The van der Waals surface area contributed by atoms with Crippen LogP contribution >= 0.6 is 0 Å². The van der Waals surface area contributed by atoms with E-state index in [1.165, 1.54) is 42.8 Å². The molecule has 0 spiro atoms. The van der Waals surface area contributed by atoms with Crippen molar-refractivity contribution >= 4 is 23.6 Å². The van der Waals surface area contributed by atoms with E-state index in [1.54, 1.807) is 20.8 Å². The van der Waals surface area contributed by atoms with Gasteiger partial charge in [0.1, 0.15) is 0 Å². The summed E-state index contributed by atoms with van der Waals surface area (Å²) in [4.78, 5) is 0. The fourth-order valence-corrected chi connectivity index (χ4v) is 13.7. The number of hydrogen-bond acceptors (Lipinski definition) is 0. The largest absolute Gasteiger partial charge is 1.00 e. The van der Waals surface area contributed by atoms with E-state index in [0.717, 1.165) is 0 Å². The smallest absolute Gasteiger partial charge is 1.00 e. The predicted molar refractivity (Wildman–Crippen MR) is 198 cm³/mol. The Hall–Kier alpha value is -1.06. The first kappa shape index (κ1) is 45.0. The van der Waals surface area contributed by atoms with E-state index < -0.39 is 8.07 Å². The molecule has 48 heavy (non-hydrogen) atoms. The van der Waals surface area contributed by atoms with Crippen LogP contribution in [-0.4, -0.2) is 8.07 Å². The third-order valence-corrected chi connectivity index (χ3v) is 16.3. The first-order valence-electron chi connectivity index (χ1n) is 17.6. The predicted octanol–water partition coefficient (Wildman–Crippen LogP) is 1.85. The van der Waals surface area contributed by atoms with Gasteiger partial charge in [0.25, 0.3) is 0 Å². The average molecular weight is 758 g/mol. The van der Waals surface area contributed by atoms with Crippen LogP contribution < -0.4 is 52.8 Å². The summed E-state index contributed by atoms with van der Waals surface area (Å²) in [5.74, 6) is 3.17. The Kier molecular flexibility index (Phi) is 16.8. The van der Waals surface area contributed by atoms with Crippen molar-refractivity contribution in [1.82, 2.24) is 0 Å². The second-order valence-electron chi connectivity index (χ2n) is 15.8. The Morgan fingerprint density at radius 2 is 0.688 bits per heavy atom. The molecule has 0 N–H and O–H groups in total. The van der Waals surface area contributed by atoms with Gasteiger partial charge >= 0.3 is 291 Å². The molecule has 260 valence electrons. The normalized spacial score (nSPS) is 15.0. The summed E-state index contributed by atoms with van der Waals surface area (Å²) in [6.45, 7) is 33.3. The van der Waals surface area contributed by atoms with Crippen molar-refractivity contribution in [3.63, 3.8) is 0 Å². The maximum atomic E-state index is 2.64. The summed E-state index contributed by atoms with van der Waals surface area (Å²) in [7, 11) is -2.79. The molecule has 3 aromatic carbocycles. The van der Waals surface area contributed by atoms with Gasteiger partial charge in [0, 0.05) is 0 Å². The molecule has 1 aliphatic rings. The topological polar surface area (TPSA) is 0 Å².